The molecule has 0 N–H and O–H groups in total. The summed E-state index contributed by atoms with van der Waals surface area (Å²) >= 11 is 0. The van der Waals surface area contributed by atoms with Crippen molar-refractivity contribution in [2.24, 2.45) is 5.10 Å². The number of aryl methyl sites for hydroxylation is 1. The van der Waals surface area contributed by atoms with E-state index < -0.39 is 0 Å². The Balaban J connectivity index is 2.10. The molecule has 0 radical (unpaired) electrons. The highest BCUT2D eigenvalue weighted by atomic mass is 16.2. The lowest BCUT2D eigenvalue weighted by Gasteiger charge is -2.11. The van der Waals surface area contributed by atoms with Crippen molar-refractivity contribution < 1.29 is 4.79 Å². The molecule has 0 aliphatic carbocycles. The summed E-state index contributed by atoms with van der Waals surface area (Å²) in [4.78, 5) is 11.6. The molecule has 0 spiro atoms. The Kier molecular flexibility index (Phi) is 3.04. The summed E-state index contributed by atoms with van der Waals surface area (Å²) < 4.78 is 0. The minimum atomic E-state index is 0.110. The van der Waals surface area contributed by atoms with Crippen LogP contribution in [0.3, 0.4) is 0 Å². The quantitative estimate of drug-likeness (QED) is 0.764. The largest absolute Gasteiger partial charge is 0.273 e. The smallest absolute Gasteiger partial charge is 0.248 e. The van der Waals surface area contributed by atoms with Gasteiger partial charge in [-0.2, -0.15) is 5.10 Å². The molecule has 2 rings (SSSR count). The minimum Gasteiger partial charge on any atom is -0.273 e. The van der Waals surface area contributed by atoms with E-state index in [-0.39, 0.29) is 5.91 Å². The number of amides is 1. The van der Waals surface area contributed by atoms with Gasteiger partial charge in [0.2, 0.25) is 5.91 Å². The molecule has 3 nitrogen and oxygen atoms in total. The van der Waals surface area contributed by atoms with E-state index in [2.05, 4.69) is 24.2 Å². The zero-order chi connectivity index (χ0) is 11.5. The first-order valence-electron chi connectivity index (χ1n) is 5.61. The summed E-state index contributed by atoms with van der Waals surface area (Å²) in [6, 6.07) is 8.18. The van der Waals surface area contributed by atoms with E-state index in [0.29, 0.717) is 13.0 Å². The predicted molar refractivity (Wildman–Crippen MR) is 64.1 cm³/mol. The molecule has 1 aliphatic rings. The maximum atomic E-state index is 11.6. The summed E-state index contributed by atoms with van der Waals surface area (Å²) in [5.41, 5.74) is 3.33. The van der Waals surface area contributed by atoms with E-state index in [4.69, 9.17) is 0 Å². The Morgan fingerprint density at radius 3 is 2.88 bits per heavy atom. The molecule has 0 saturated heterocycles. The SMILES string of the molecule is CCC1=NN(Cc2cccc(C)c2)C(=O)C1. The maximum absolute atomic E-state index is 11.6. The third-order valence-electron chi connectivity index (χ3n) is 2.73. The number of hydrogen-bond acceptors (Lipinski definition) is 2. The van der Waals surface area contributed by atoms with Crippen molar-refractivity contribution in [2.75, 3.05) is 0 Å². The van der Waals surface area contributed by atoms with Crippen LogP contribution < -0.4 is 0 Å². The van der Waals surface area contributed by atoms with E-state index in [9.17, 15) is 4.79 Å². The molecule has 16 heavy (non-hydrogen) atoms. The van der Waals surface area contributed by atoms with E-state index >= 15 is 0 Å². The molecule has 1 amide bonds. The molecule has 0 aromatic heterocycles. The fourth-order valence-corrected chi connectivity index (χ4v) is 1.83. The molecule has 1 aromatic carbocycles. The zero-order valence-electron chi connectivity index (χ0n) is 9.73. The van der Waals surface area contributed by atoms with Gasteiger partial charge in [-0.3, -0.25) is 4.79 Å². The van der Waals surface area contributed by atoms with Gasteiger partial charge < -0.3 is 0 Å². The molecule has 0 saturated carbocycles. The first-order chi connectivity index (χ1) is 7.69. The van der Waals surface area contributed by atoms with E-state index in [1.165, 1.54) is 5.56 Å². The second-order valence-corrected chi connectivity index (χ2v) is 4.14. The van der Waals surface area contributed by atoms with Gasteiger partial charge in [0.05, 0.1) is 13.0 Å². The van der Waals surface area contributed by atoms with Crippen LogP contribution in [0.4, 0.5) is 0 Å². The average molecular weight is 216 g/mol. The lowest BCUT2D eigenvalue weighted by Crippen LogP contribution is -2.20. The number of rotatable bonds is 3. The summed E-state index contributed by atoms with van der Waals surface area (Å²) in [5.74, 6) is 0.110. The van der Waals surface area contributed by atoms with E-state index in [0.717, 1.165) is 17.7 Å². The fraction of sp³-hybridized carbons (Fsp3) is 0.385. The number of carbonyl (C=O) groups is 1. The van der Waals surface area contributed by atoms with Gasteiger partial charge in [-0.05, 0) is 18.9 Å². The number of hydrazone groups is 1. The van der Waals surface area contributed by atoms with Crippen LogP contribution in [0.15, 0.2) is 29.4 Å². The van der Waals surface area contributed by atoms with Crippen LogP contribution in [0.2, 0.25) is 0 Å². The molecule has 1 heterocycles. The second-order valence-electron chi connectivity index (χ2n) is 4.14. The molecule has 1 aliphatic heterocycles. The Bertz CT molecular complexity index is 437. The van der Waals surface area contributed by atoms with Crippen molar-refractivity contribution >= 4 is 11.6 Å². The molecule has 0 bridgehead atoms. The van der Waals surface area contributed by atoms with Crippen LogP contribution in [-0.4, -0.2) is 16.6 Å². The topological polar surface area (TPSA) is 32.7 Å². The Morgan fingerprint density at radius 1 is 1.44 bits per heavy atom. The van der Waals surface area contributed by atoms with Crippen LogP contribution in [0.25, 0.3) is 0 Å². The van der Waals surface area contributed by atoms with Gasteiger partial charge in [-0.1, -0.05) is 36.8 Å². The van der Waals surface area contributed by atoms with Crippen LogP contribution in [0.5, 0.6) is 0 Å². The highest BCUT2D eigenvalue weighted by Crippen LogP contribution is 2.15. The lowest BCUT2D eigenvalue weighted by molar-refractivity contribution is -0.129. The van der Waals surface area contributed by atoms with Crippen LogP contribution >= 0.6 is 0 Å². The van der Waals surface area contributed by atoms with Crippen LogP contribution in [0.1, 0.15) is 30.9 Å². The van der Waals surface area contributed by atoms with E-state index in [1.807, 2.05) is 19.1 Å². The van der Waals surface area contributed by atoms with Crippen molar-refractivity contribution in [1.82, 2.24) is 5.01 Å². The van der Waals surface area contributed by atoms with Crippen molar-refractivity contribution in [3.05, 3.63) is 35.4 Å². The number of benzene rings is 1. The standard InChI is InChI=1S/C13H16N2O/c1-3-12-8-13(16)15(14-12)9-11-6-4-5-10(2)7-11/h4-7H,3,8-9H2,1-2H3. The Hall–Kier alpha value is -1.64. The average Bonchev–Trinajstić information content (AvgIpc) is 2.60. The lowest BCUT2D eigenvalue weighted by atomic mass is 10.1. The van der Waals surface area contributed by atoms with Crippen LogP contribution in [0, 0.1) is 6.92 Å². The molecule has 1 aromatic rings. The van der Waals surface area contributed by atoms with Crippen molar-refractivity contribution in [3.63, 3.8) is 0 Å². The summed E-state index contributed by atoms with van der Waals surface area (Å²) in [6.45, 7) is 4.67. The molecule has 0 fully saturated rings. The highest BCUT2D eigenvalue weighted by molar-refractivity contribution is 6.04. The predicted octanol–water partition coefficient (Wildman–Crippen LogP) is 2.49. The molecule has 3 heteroatoms. The van der Waals surface area contributed by atoms with Gasteiger partial charge in [0.1, 0.15) is 0 Å². The van der Waals surface area contributed by atoms with Gasteiger partial charge in [0.25, 0.3) is 0 Å². The van der Waals surface area contributed by atoms with Gasteiger partial charge in [0.15, 0.2) is 0 Å². The monoisotopic (exact) mass is 216 g/mol. The van der Waals surface area contributed by atoms with Gasteiger partial charge in [-0.25, -0.2) is 5.01 Å². The molecule has 0 unspecified atom stereocenters. The number of nitrogens with zero attached hydrogens (tertiary/aromatic N) is 2. The zero-order valence-corrected chi connectivity index (χ0v) is 9.73. The number of carbonyl (C=O) groups excluding carboxylic acids is 1. The third kappa shape index (κ3) is 2.30. The van der Waals surface area contributed by atoms with Crippen molar-refractivity contribution in [2.45, 2.75) is 33.2 Å². The van der Waals surface area contributed by atoms with Crippen molar-refractivity contribution in [1.29, 1.82) is 0 Å². The first-order valence-corrected chi connectivity index (χ1v) is 5.61. The number of hydrogen-bond donors (Lipinski definition) is 0. The van der Waals surface area contributed by atoms with Gasteiger partial charge in [0, 0.05) is 5.71 Å². The Morgan fingerprint density at radius 2 is 2.25 bits per heavy atom. The summed E-state index contributed by atoms with van der Waals surface area (Å²) in [7, 11) is 0. The van der Waals surface area contributed by atoms with E-state index in [1.54, 1.807) is 5.01 Å². The molecule has 84 valence electrons. The van der Waals surface area contributed by atoms with Gasteiger partial charge >= 0.3 is 0 Å². The minimum absolute atomic E-state index is 0.110. The van der Waals surface area contributed by atoms with Gasteiger partial charge in [-0.15, -0.1) is 0 Å². The normalized spacial score (nSPS) is 15.5. The molecular weight excluding hydrogens is 200 g/mol. The summed E-state index contributed by atoms with van der Waals surface area (Å²) in [6.07, 6.45) is 1.35. The summed E-state index contributed by atoms with van der Waals surface area (Å²) in [5, 5.41) is 5.89. The Labute approximate surface area is 95.8 Å². The van der Waals surface area contributed by atoms with Crippen molar-refractivity contribution in [3.8, 4) is 0 Å². The third-order valence-corrected chi connectivity index (χ3v) is 2.73. The molecular formula is C13H16N2O. The fourth-order valence-electron chi connectivity index (χ4n) is 1.83. The maximum Gasteiger partial charge on any atom is 0.248 e. The van der Waals surface area contributed by atoms with Crippen LogP contribution in [-0.2, 0) is 11.3 Å². The molecule has 0 atom stereocenters. The second kappa shape index (κ2) is 4.47. The first kappa shape index (κ1) is 10.9. The highest BCUT2D eigenvalue weighted by Gasteiger charge is 2.22.